The van der Waals surface area contributed by atoms with E-state index in [2.05, 4.69) is 0 Å². The number of nitrogens with zero attached hydrogens (tertiary/aromatic N) is 1. The highest BCUT2D eigenvalue weighted by atomic mass is 32.1. The van der Waals surface area contributed by atoms with Crippen LogP contribution in [0.25, 0.3) is 5.69 Å². The van der Waals surface area contributed by atoms with Crippen molar-refractivity contribution in [1.29, 1.82) is 0 Å². The minimum absolute atomic E-state index is 0.149. The second-order valence-corrected chi connectivity index (χ2v) is 7.35. The molecule has 3 aromatic rings. The lowest BCUT2D eigenvalue weighted by molar-refractivity contribution is -0.196. The summed E-state index contributed by atoms with van der Waals surface area (Å²) in [4.78, 5) is 51.4. The number of alkyl halides is 3. The number of H-pyrrole nitrogens is 1. The number of hydrogen-bond acceptors (Lipinski definition) is 5. The summed E-state index contributed by atoms with van der Waals surface area (Å²) < 4.78 is 57.5. The molecule has 1 aromatic carbocycles. The summed E-state index contributed by atoms with van der Waals surface area (Å²) in [5.41, 5.74) is -8.44. The summed E-state index contributed by atoms with van der Waals surface area (Å²) in [7, 11) is 0. The summed E-state index contributed by atoms with van der Waals surface area (Å²) >= 11 is 0.813. The first kappa shape index (κ1) is 20.5. The van der Waals surface area contributed by atoms with E-state index in [0.717, 1.165) is 23.5 Å². The van der Waals surface area contributed by atoms with Gasteiger partial charge in [-0.1, -0.05) is 18.2 Å². The molecule has 0 fully saturated rings. The molecule has 3 heterocycles. The minimum atomic E-state index is -5.49. The minimum Gasteiger partial charge on any atom is -0.326 e. The van der Waals surface area contributed by atoms with Crippen LogP contribution in [0.2, 0.25) is 0 Å². The van der Waals surface area contributed by atoms with E-state index in [1.807, 2.05) is 5.32 Å². The lowest BCUT2D eigenvalue weighted by atomic mass is 9.91. The van der Waals surface area contributed by atoms with Crippen LogP contribution in [0.5, 0.6) is 0 Å². The van der Waals surface area contributed by atoms with Crippen molar-refractivity contribution in [2.24, 2.45) is 0 Å². The van der Waals surface area contributed by atoms with Crippen molar-refractivity contribution in [1.82, 2.24) is 14.9 Å². The molecule has 2 amide bonds. The van der Waals surface area contributed by atoms with Gasteiger partial charge in [0.15, 0.2) is 0 Å². The second-order valence-electron chi connectivity index (χ2n) is 6.40. The van der Waals surface area contributed by atoms with Crippen LogP contribution in [0.15, 0.2) is 51.4 Å². The predicted octanol–water partition coefficient (Wildman–Crippen LogP) is 1.87. The number of amides is 2. The molecule has 3 N–H and O–H groups in total. The van der Waals surface area contributed by atoms with Gasteiger partial charge in [-0.15, -0.1) is 11.3 Å². The van der Waals surface area contributed by atoms with Crippen LogP contribution in [0.3, 0.4) is 0 Å². The molecule has 13 heteroatoms. The molecule has 0 saturated carbocycles. The number of carbonyl (C=O) groups excluding carboxylic acids is 2. The van der Waals surface area contributed by atoms with E-state index in [0.29, 0.717) is 4.57 Å². The van der Waals surface area contributed by atoms with Crippen molar-refractivity contribution < 1.29 is 27.2 Å². The first-order valence-electron chi connectivity index (χ1n) is 8.47. The zero-order chi connectivity index (χ0) is 22.6. The lowest BCUT2D eigenvalue weighted by Gasteiger charge is -2.29. The fourth-order valence-corrected chi connectivity index (χ4v) is 3.90. The highest BCUT2D eigenvalue weighted by Gasteiger charge is 2.68. The van der Waals surface area contributed by atoms with Gasteiger partial charge in [0.1, 0.15) is 17.2 Å². The quantitative estimate of drug-likeness (QED) is 0.525. The number of anilines is 1. The first-order chi connectivity index (χ1) is 14.6. The number of para-hydroxylation sites is 1. The van der Waals surface area contributed by atoms with E-state index in [4.69, 9.17) is 0 Å². The molecule has 1 atom stereocenters. The van der Waals surface area contributed by atoms with Gasteiger partial charge >= 0.3 is 11.9 Å². The van der Waals surface area contributed by atoms with Gasteiger partial charge in [-0.3, -0.25) is 19.4 Å². The van der Waals surface area contributed by atoms with Crippen molar-refractivity contribution in [3.63, 3.8) is 0 Å². The summed E-state index contributed by atoms with van der Waals surface area (Å²) in [6, 6.07) is 7.21. The zero-order valence-electron chi connectivity index (χ0n) is 15.0. The summed E-state index contributed by atoms with van der Waals surface area (Å²) in [6.07, 6.45) is -5.49. The van der Waals surface area contributed by atoms with Crippen molar-refractivity contribution in [3.05, 3.63) is 78.9 Å². The number of aromatic nitrogens is 2. The Kier molecular flexibility index (Phi) is 4.57. The number of rotatable bonds is 3. The monoisotopic (exact) mass is 454 g/mol. The van der Waals surface area contributed by atoms with Crippen molar-refractivity contribution in [2.45, 2.75) is 11.7 Å². The maximum absolute atomic E-state index is 14.3. The zero-order valence-corrected chi connectivity index (χ0v) is 15.9. The van der Waals surface area contributed by atoms with Crippen LogP contribution in [0.4, 0.5) is 23.4 Å². The summed E-state index contributed by atoms with van der Waals surface area (Å²) in [6.45, 7) is 0. The molecule has 0 spiro atoms. The largest absolute Gasteiger partial charge is 0.425 e. The first-order valence-corrected chi connectivity index (χ1v) is 9.35. The van der Waals surface area contributed by atoms with Gasteiger partial charge in [0.2, 0.25) is 0 Å². The lowest BCUT2D eigenvalue weighted by Crippen LogP contribution is -2.62. The fourth-order valence-electron chi connectivity index (χ4n) is 3.28. The topological polar surface area (TPSA) is 113 Å². The fraction of sp³-hybridized carbons (Fsp3) is 0.111. The molecule has 160 valence electrons. The Hall–Kier alpha value is -3.74. The average Bonchev–Trinajstić information content (AvgIpc) is 3.30. The van der Waals surface area contributed by atoms with Gasteiger partial charge in [-0.2, -0.15) is 13.2 Å². The van der Waals surface area contributed by atoms with Crippen LogP contribution in [-0.2, 0) is 10.3 Å². The Labute approximate surface area is 173 Å². The third-order valence-corrected chi connectivity index (χ3v) is 5.49. The molecule has 2 aromatic heterocycles. The molecule has 31 heavy (non-hydrogen) atoms. The maximum atomic E-state index is 14.3. The van der Waals surface area contributed by atoms with Crippen LogP contribution in [-0.4, -0.2) is 27.5 Å². The van der Waals surface area contributed by atoms with Crippen LogP contribution in [0.1, 0.15) is 15.2 Å². The number of thiophene rings is 1. The molecule has 0 unspecified atom stereocenters. The van der Waals surface area contributed by atoms with Gasteiger partial charge < -0.3 is 10.6 Å². The second kappa shape index (κ2) is 6.91. The van der Waals surface area contributed by atoms with E-state index in [1.165, 1.54) is 29.6 Å². The number of fused-ring (bicyclic) bond motifs is 1. The standard InChI is InChI=1S/C18H10F4N4O4S/c19-8-4-1-2-5-9(8)26-12-11(14(28)24-16(26)30)17(15(29)23-12,18(20,21)22)25-13(27)10-6-3-7-31-10/h1-7H,(H,23,29)(H,25,27)(H,24,28,30)/t17-/m1/s1. The van der Waals surface area contributed by atoms with Crippen molar-refractivity contribution in [2.75, 3.05) is 5.32 Å². The van der Waals surface area contributed by atoms with E-state index < -0.39 is 57.7 Å². The van der Waals surface area contributed by atoms with E-state index in [1.54, 1.807) is 10.3 Å². The van der Waals surface area contributed by atoms with Crippen LogP contribution < -0.4 is 21.9 Å². The number of carbonyl (C=O) groups is 2. The number of hydrogen-bond donors (Lipinski definition) is 3. The smallest absolute Gasteiger partial charge is 0.326 e. The SMILES string of the molecule is O=C(N[C@@]1(C(F)(F)F)C(=O)Nc2c1c(=O)[nH]c(=O)n2-c1ccccc1F)c1cccs1. The van der Waals surface area contributed by atoms with Crippen molar-refractivity contribution in [3.8, 4) is 5.69 Å². The molecule has 0 radical (unpaired) electrons. The third-order valence-electron chi connectivity index (χ3n) is 4.62. The van der Waals surface area contributed by atoms with E-state index >= 15 is 0 Å². The number of nitrogens with one attached hydrogen (secondary N) is 3. The molecule has 0 bridgehead atoms. The van der Waals surface area contributed by atoms with Gasteiger partial charge in [0, 0.05) is 0 Å². The molecule has 1 aliphatic heterocycles. The Morgan fingerprint density at radius 3 is 2.42 bits per heavy atom. The van der Waals surface area contributed by atoms with Gasteiger partial charge in [0.05, 0.1) is 10.6 Å². The highest BCUT2D eigenvalue weighted by molar-refractivity contribution is 7.12. The summed E-state index contributed by atoms with van der Waals surface area (Å²) in [5.74, 6) is -4.98. The predicted molar refractivity (Wildman–Crippen MR) is 101 cm³/mol. The normalized spacial score (nSPS) is 17.9. The summed E-state index contributed by atoms with van der Waals surface area (Å²) in [5, 5.41) is 4.86. The molecule has 4 rings (SSSR count). The van der Waals surface area contributed by atoms with E-state index in [9.17, 15) is 36.7 Å². The van der Waals surface area contributed by atoms with Crippen LogP contribution >= 0.6 is 11.3 Å². The van der Waals surface area contributed by atoms with Gasteiger partial charge in [-0.05, 0) is 23.6 Å². The molecule has 0 saturated heterocycles. The highest BCUT2D eigenvalue weighted by Crippen LogP contribution is 2.45. The van der Waals surface area contributed by atoms with E-state index in [-0.39, 0.29) is 4.88 Å². The molecular weight excluding hydrogens is 444 g/mol. The molecule has 0 aliphatic carbocycles. The van der Waals surface area contributed by atoms with Gasteiger partial charge in [-0.25, -0.2) is 13.8 Å². The van der Waals surface area contributed by atoms with Crippen LogP contribution in [0, 0.1) is 5.82 Å². The molecule has 8 nitrogen and oxygen atoms in total. The average molecular weight is 454 g/mol. The molecule has 1 aliphatic rings. The van der Waals surface area contributed by atoms with Gasteiger partial charge in [0.25, 0.3) is 22.9 Å². The molecular formula is C18H10F4N4O4S. The Balaban J connectivity index is 2.03. The Bertz CT molecular complexity index is 1330. The third kappa shape index (κ3) is 2.96. The number of aromatic amines is 1. The Morgan fingerprint density at radius 2 is 1.81 bits per heavy atom. The Morgan fingerprint density at radius 1 is 1.10 bits per heavy atom. The van der Waals surface area contributed by atoms with Crippen molar-refractivity contribution >= 4 is 29.0 Å². The maximum Gasteiger partial charge on any atom is 0.425 e. The number of halogens is 4. The number of benzene rings is 1.